The minimum Gasteiger partial charge on any atom is -0.461 e. The zero-order chi connectivity index (χ0) is 20.8. The highest BCUT2D eigenvalue weighted by atomic mass is 16.5. The van der Waals surface area contributed by atoms with Crippen LogP contribution in [-0.4, -0.2) is 64.0 Å². The quantitative estimate of drug-likeness (QED) is 0.411. The van der Waals surface area contributed by atoms with E-state index in [1.807, 2.05) is 50.4 Å². The van der Waals surface area contributed by atoms with Gasteiger partial charge in [0.15, 0.2) is 5.71 Å². The van der Waals surface area contributed by atoms with Gasteiger partial charge in [-0.3, -0.25) is 5.01 Å². The number of nitrogens with one attached hydrogen (secondary N) is 1. The van der Waals surface area contributed by atoms with Gasteiger partial charge in [-0.05, 0) is 55.9 Å². The first-order chi connectivity index (χ1) is 14.0. The van der Waals surface area contributed by atoms with Crippen LogP contribution in [-0.2, 0) is 22.4 Å². The first-order valence-corrected chi connectivity index (χ1v) is 10.5. The number of nitrogens with zero attached hydrogens (tertiary/aromatic N) is 4. The molecular weight excluding hydrogens is 366 g/mol. The molecule has 0 spiro atoms. The first kappa shape index (κ1) is 21.0. The molecule has 1 N–H and O–H groups in total. The Balaban J connectivity index is 1.87. The molecule has 0 unspecified atom stereocenters. The monoisotopic (exact) mass is 399 g/mol. The Morgan fingerprint density at radius 3 is 2.48 bits per heavy atom. The third-order valence-electron chi connectivity index (χ3n) is 5.37. The Labute approximate surface area is 174 Å². The number of hydrogen-bond acceptors (Lipinski definition) is 7. The third-order valence-corrected chi connectivity index (χ3v) is 5.37. The van der Waals surface area contributed by atoms with Crippen LogP contribution in [0.25, 0.3) is 0 Å². The SMILES string of the molecule is CCOC(=O)/C(CN(C)/C=C\NC)=N\N(C)c1cc2c3c(c1)CCCN3CCC2. The fourth-order valence-electron chi connectivity index (χ4n) is 4.05. The molecule has 158 valence electrons. The van der Waals surface area contributed by atoms with E-state index < -0.39 is 0 Å². The normalized spacial score (nSPS) is 15.9. The number of rotatable bonds is 8. The Morgan fingerprint density at radius 2 is 1.90 bits per heavy atom. The molecule has 0 radical (unpaired) electrons. The maximum Gasteiger partial charge on any atom is 0.356 e. The molecule has 2 aliphatic rings. The Hall–Kier alpha value is -2.70. The number of ether oxygens (including phenoxy) is 1. The number of carbonyl (C=O) groups excluding carboxylic acids is 1. The van der Waals surface area contributed by atoms with Gasteiger partial charge in [0.25, 0.3) is 0 Å². The van der Waals surface area contributed by atoms with E-state index in [1.54, 1.807) is 0 Å². The molecular formula is C22H33N5O2. The van der Waals surface area contributed by atoms with Crippen molar-refractivity contribution in [2.24, 2.45) is 5.10 Å². The smallest absolute Gasteiger partial charge is 0.356 e. The minimum atomic E-state index is -0.380. The van der Waals surface area contributed by atoms with E-state index in [0.29, 0.717) is 18.9 Å². The van der Waals surface area contributed by atoms with Crippen LogP contribution in [0.4, 0.5) is 11.4 Å². The highest BCUT2D eigenvalue weighted by Crippen LogP contribution is 2.38. The lowest BCUT2D eigenvalue weighted by Crippen LogP contribution is -2.35. The van der Waals surface area contributed by atoms with Gasteiger partial charge >= 0.3 is 5.97 Å². The van der Waals surface area contributed by atoms with Gasteiger partial charge in [-0.2, -0.15) is 5.10 Å². The predicted octanol–water partition coefficient (Wildman–Crippen LogP) is 2.36. The maximum absolute atomic E-state index is 12.5. The number of aryl methyl sites for hydroxylation is 2. The molecule has 0 atom stereocenters. The predicted molar refractivity (Wildman–Crippen MR) is 119 cm³/mol. The minimum absolute atomic E-state index is 0.330. The topological polar surface area (TPSA) is 60.4 Å². The number of carbonyl (C=O) groups is 1. The standard InChI is InChI=1S/C22H33N5O2/c1-5-29-22(28)20(16-25(3)13-10-23-2)24-26(4)19-14-17-8-6-11-27-12-7-9-18(15-19)21(17)27/h10,13-15,23H,5-9,11-12,16H2,1-4H3/b13-10-,24-20-. The maximum atomic E-state index is 12.5. The van der Waals surface area contributed by atoms with Crippen molar-refractivity contribution in [2.45, 2.75) is 32.6 Å². The van der Waals surface area contributed by atoms with Crippen molar-refractivity contribution in [1.29, 1.82) is 0 Å². The van der Waals surface area contributed by atoms with Crippen molar-refractivity contribution in [3.8, 4) is 0 Å². The Morgan fingerprint density at radius 1 is 1.24 bits per heavy atom. The molecule has 0 aliphatic carbocycles. The van der Waals surface area contributed by atoms with Crippen LogP contribution in [0.3, 0.4) is 0 Å². The summed E-state index contributed by atoms with van der Waals surface area (Å²) in [5.41, 5.74) is 5.64. The van der Waals surface area contributed by atoms with E-state index in [2.05, 4.69) is 27.5 Å². The molecule has 0 bridgehead atoms. The fourth-order valence-corrected chi connectivity index (χ4v) is 4.05. The molecule has 0 aromatic heterocycles. The van der Waals surface area contributed by atoms with Crippen LogP contribution >= 0.6 is 0 Å². The van der Waals surface area contributed by atoms with Crippen molar-refractivity contribution in [2.75, 3.05) is 57.3 Å². The van der Waals surface area contributed by atoms with Crippen molar-refractivity contribution in [3.05, 3.63) is 35.7 Å². The fraction of sp³-hybridized carbons (Fsp3) is 0.545. The van der Waals surface area contributed by atoms with Crippen molar-refractivity contribution < 1.29 is 9.53 Å². The molecule has 0 fully saturated rings. The van der Waals surface area contributed by atoms with Crippen LogP contribution < -0.4 is 15.2 Å². The van der Waals surface area contributed by atoms with Gasteiger partial charge in [0.05, 0.1) is 18.8 Å². The highest BCUT2D eigenvalue weighted by molar-refractivity contribution is 6.37. The summed E-state index contributed by atoms with van der Waals surface area (Å²) in [5, 5.41) is 9.40. The molecule has 29 heavy (non-hydrogen) atoms. The summed E-state index contributed by atoms with van der Waals surface area (Å²) in [7, 11) is 5.64. The zero-order valence-corrected chi connectivity index (χ0v) is 18.1. The summed E-state index contributed by atoms with van der Waals surface area (Å²) in [6.45, 7) is 4.83. The van der Waals surface area contributed by atoms with E-state index >= 15 is 0 Å². The number of anilines is 2. The summed E-state index contributed by atoms with van der Waals surface area (Å²) in [6.07, 6.45) is 8.27. The van der Waals surface area contributed by atoms with Gasteiger partial charge in [-0.15, -0.1) is 0 Å². The largest absolute Gasteiger partial charge is 0.461 e. The second kappa shape index (κ2) is 9.67. The summed E-state index contributed by atoms with van der Waals surface area (Å²) in [4.78, 5) is 16.9. The molecule has 7 nitrogen and oxygen atoms in total. The van der Waals surface area contributed by atoms with E-state index in [0.717, 1.165) is 31.6 Å². The lowest BCUT2D eigenvalue weighted by atomic mass is 9.91. The molecule has 0 amide bonds. The summed E-state index contributed by atoms with van der Waals surface area (Å²) in [6, 6.07) is 4.46. The van der Waals surface area contributed by atoms with E-state index in [9.17, 15) is 4.79 Å². The van der Waals surface area contributed by atoms with E-state index in [4.69, 9.17) is 4.74 Å². The van der Waals surface area contributed by atoms with Crippen molar-refractivity contribution in [1.82, 2.24) is 10.2 Å². The first-order valence-electron chi connectivity index (χ1n) is 10.5. The molecule has 2 heterocycles. The lowest BCUT2D eigenvalue weighted by molar-refractivity contribution is -0.135. The summed E-state index contributed by atoms with van der Waals surface area (Å²) < 4.78 is 5.24. The number of hydrazone groups is 1. The van der Waals surface area contributed by atoms with Crippen molar-refractivity contribution in [3.63, 3.8) is 0 Å². The number of esters is 1. The van der Waals surface area contributed by atoms with Crippen LogP contribution in [0.2, 0.25) is 0 Å². The Bertz CT molecular complexity index is 758. The summed E-state index contributed by atoms with van der Waals surface area (Å²) >= 11 is 0. The molecule has 1 aromatic carbocycles. The molecule has 3 rings (SSSR count). The molecule has 1 aromatic rings. The van der Waals surface area contributed by atoms with Crippen LogP contribution in [0.5, 0.6) is 0 Å². The lowest BCUT2D eigenvalue weighted by Gasteiger charge is -2.37. The molecule has 0 saturated carbocycles. The van der Waals surface area contributed by atoms with Gasteiger partial charge in [-0.25, -0.2) is 4.79 Å². The summed E-state index contributed by atoms with van der Waals surface area (Å²) in [5.74, 6) is -0.380. The average molecular weight is 400 g/mol. The van der Waals surface area contributed by atoms with Gasteiger partial charge < -0.3 is 19.9 Å². The van der Waals surface area contributed by atoms with E-state index in [-0.39, 0.29) is 5.97 Å². The van der Waals surface area contributed by atoms with Crippen LogP contribution in [0.15, 0.2) is 29.6 Å². The van der Waals surface area contributed by atoms with Crippen molar-refractivity contribution >= 4 is 23.1 Å². The molecule has 2 aliphatic heterocycles. The zero-order valence-electron chi connectivity index (χ0n) is 18.1. The number of benzene rings is 1. The average Bonchev–Trinajstić information content (AvgIpc) is 2.72. The second-order valence-corrected chi connectivity index (χ2v) is 7.62. The molecule has 7 heteroatoms. The highest BCUT2D eigenvalue weighted by Gasteiger charge is 2.25. The molecule has 0 saturated heterocycles. The van der Waals surface area contributed by atoms with Gasteiger partial charge in [0.1, 0.15) is 0 Å². The van der Waals surface area contributed by atoms with Gasteiger partial charge in [0.2, 0.25) is 0 Å². The van der Waals surface area contributed by atoms with Crippen LogP contribution in [0, 0.1) is 0 Å². The van der Waals surface area contributed by atoms with E-state index in [1.165, 1.54) is 29.7 Å². The third kappa shape index (κ3) is 5.02. The second-order valence-electron chi connectivity index (χ2n) is 7.62. The van der Waals surface area contributed by atoms with Gasteiger partial charge in [0, 0.05) is 52.3 Å². The number of hydrogen-bond donors (Lipinski definition) is 1. The van der Waals surface area contributed by atoms with Gasteiger partial charge in [-0.1, -0.05) is 0 Å². The van der Waals surface area contributed by atoms with Crippen LogP contribution in [0.1, 0.15) is 30.9 Å². The Kier molecular flexibility index (Phi) is 7.01.